The fourth-order valence-electron chi connectivity index (χ4n) is 2.40. The molecule has 74 valence electrons. The molecule has 5 heteroatoms. The van der Waals surface area contributed by atoms with Crippen LogP contribution in [0.2, 0.25) is 0 Å². The van der Waals surface area contributed by atoms with E-state index in [9.17, 15) is 4.79 Å². The van der Waals surface area contributed by atoms with Crippen molar-refractivity contribution in [2.75, 3.05) is 0 Å². The van der Waals surface area contributed by atoms with Crippen molar-refractivity contribution < 1.29 is 4.79 Å². The molecule has 0 aromatic carbocycles. The van der Waals surface area contributed by atoms with Crippen LogP contribution in [0.15, 0.2) is 6.33 Å². The zero-order valence-corrected chi connectivity index (χ0v) is 7.73. The molecule has 0 aliphatic heterocycles. The van der Waals surface area contributed by atoms with Crippen LogP contribution in [-0.2, 0) is 0 Å². The van der Waals surface area contributed by atoms with Crippen molar-refractivity contribution in [3.05, 3.63) is 12.2 Å². The summed E-state index contributed by atoms with van der Waals surface area (Å²) in [5, 5.41) is 9.17. The summed E-state index contributed by atoms with van der Waals surface area (Å²) in [5.41, 5.74) is 0. The Labute approximate surface area is 81.3 Å². The Hall–Kier alpha value is -1.39. The summed E-state index contributed by atoms with van der Waals surface area (Å²) < 4.78 is 0. The number of aromatic nitrogens is 3. The highest BCUT2D eigenvalue weighted by Crippen LogP contribution is 2.51. The lowest BCUT2D eigenvalue weighted by molar-refractivity contribution is 0.0925. The van der Waals surface area contributed by atoms with E-state index in [1.807, 2.05) is 0 Å². The van der Waals surface area contributed by atoms with Crippen LogP contribution in [0.5, 0.6) is 0 Å². The Kier molecular flexibility index (Phi) is 1.59. The van der Waals surface area contributed by atoms with Gasteiger partial charge in [0.25, 0.3) is 5.91 Å². The number of nitrogens with zero attached hydrogens (tertiary/aromatic N) is 2. The van der Waals surface area contributed by atoms with Crippen LogP contribution < -0.4 is 5.32 Å². The standard InChI is InChI=1S/C9H12N4O/c14-9(8-10-4-11-13-8)12-7-2-5-1-6(5)3-7/h4-7H,1-3H2,(H,12,14)(H,10,11,13). The Morgan fingerprint density at radius 1 is 1.43 bits per heavy atom. The third-order valence-corrected chi connectivity index (χ3v) is 3.21. The maximum Gasteiger partial charge on any atom is 0.288 e. The lowest BCUT2D eigenvalue weighted by atomic mass is 10.1. The first-order chi connectivity index (χ1) is 6.83. The summed E-state index contributed by atoms with van der Waals surface area (Å²) in [5.74, 6) is 1.95. The van der Waals surface area contributed by atoms with E-state index in [-0.39, 0.29) is 5.91 Å². The van der Waals surface area contributed by atoms with Gasteiger partial charge in [0.05, 0.1) is 0 Å². The first-order valence-corrected chi connectivity index (χ1v) is 4.99. The second kappa shape index (κ2) is 2.80. The largest absolute Gasteiger partial charge is 0.347 e. The topological polar surface area (TPSA) is 70.7 Å². The van der Waals surface area contributed by atoms with Gasteiger partial charge in [-0.05, 0) is 31.1 Å². The molecule has 0 spiro atoms. The predicted octanol–water partition coefficient (Wildman–Crippen LogP) is 0.333. The maximum atomic E-state index is 11.5. The van der Waals surface area contributed by atoms with Gasteiger partial charge in [0.15, 0.2) is 0 Å². The average molecular weight is 192 g/mol. The molecule has 1 heterocycles. The first kappa shape index (κ1) is 7.96. The zero-order valence-electron chi connectivity index (χ0n) is 7.73. The van der Waals surface area contributed by atoms with Gasteiger partial charge in [0.1, 0.15) is 6.33 Å². The second-order valence-corrected chi connectivity index (χ2v) is 4.23. The summed E-state index contributed by atoms with van der Waals surface area (Å²) in [6.07, 6.45) is 5.00. The highest BCUT2D eigenvalue weighted by molar-refractivity contribution is 5.90. The highest BCUT2D eigenvalue weighted by Gasteiger charge is 2.46. The van der Waals surface area contributed by atoms with Crippen molar-refractivity contribution in [2.45, 2.75) is 25.3 Å². The number of carbonyl (C=O) groups excluding carboxylic acids is 1. The Balaban J connectivity index is 1.60. The molecule has 1 amide bonds. The second-order valence-electron chi connectivity index (χ2n) is 4.23. The third-order valence-electron chi connectivity index (χ3n) is 3.21. The van der Waals surface area contributed by atoms with E-state index in [1.54, 1.807) is 0 Å². The molecule has 5 nitrogen and oxygen atoms in total. The van der Waals surface area contributed by atoms with Crippen LogP contribution in [0.1, 0.15) is 29.9 Å². The molecule has 1 aromatic heterocycles. The van der Waals surface area contributed by atoms with Crippen LogP contribution in [0.4, 0.5) is 0 Å². The number of aromatic amines is 1. The number of amides is 1. The molecule has 14 heavy (non-hydrogen) atoms. The molecule has 0 bridgehead atoms. The molecule has 2 saturated carbocycles. The van der Waals surface area contributed by atoms with Crippen LogP contribution in [0.25, 0.3) is 0 Å². The molecule has 2 N–H and O–H groups in total. The molecule has 2 atom stereocenters. The molecule has 0 radical (unpaired) electrons. The van der Waals surface area contributed by atoms with Crippen molar-refractivity contribution in [1.29, 1.82) is 0 Å². The zero-order chi connectivity index (χ0) is 9.54. The van der Waals surface area contributed by atoms with Gasteiger partial charge in [-0.2, -0.15) is 5.10 Å². The third kappa shape index (κ3) is 1.29. The van der Waals surface area contributed by atoms with Crippen molar-refractivity contribution in [3.8, 4) is 0 Å². The van der Waals surface area contributed by atoms with Crippen LogP contribution in [0.3, 0.4) is 0 Å². The van der Waals surface area contributed by atoms with E-state index in [1.165, 1.54) is 12.7 Å². The van der Waals surface area contributed by atoms with Crippen molar-refractivity contribution >= 4 is 5.91 Å². The first-order valence-electron chi connectivity index (χ1n) is 4.99. The van der Waals surface area contributed by atoms with E-state index >= 15 is 0 Å². The summed E-state index contributed by atoms with van der Waals surface area (Å²) in [7, 11) is 0. The fraction of sp³-hybridized carbons (Fsp3) is 0.667. The van der Waals surface area contributed by atoms with E-state index < -0.39 is 0 Å². The maximum absolute atomic E-state index is 11.5. The van der Waals surface area contributed by atoms with Gasteiger partial charge in [-0.3, -0.25) is 9.89 Å². The molecule has 2 unspecified atom stereocenters. The molecule has 3 rings (SSSR count). The summed E-state index contributed by atoms with van der Waals surface area (Å²) in [4.78, 5) is 15.3. The van der Waals surface area contributed by atoms with Crippen LogP contribution in [-0.4, -0.2) is 27.1 Å². The van der Waals surface area contributed by atoms with Gasteiger partial charge >= 0.3 is 0 Å². The van der Waals surface area contributed by atoms with Gasteiger partial charge in [-0.25, -0.2) is 4.98 Å². The quantitative estimate of drug-likeness (QED) is 0.709. The van der Waals surface area contributed by atoms with E-state index in [4.69, 9.17) is 0 Å². The smallest absolute Gasteiger partial charge is 0.288 e. The highest BCUT2D eigenvalue weighted by atomic mass is 16.2. The number of fused-ring (bicyclic) bond motifs is 1. The monoisotopic (exact) mass is 192 g/mol. The summed E-state index contributed by atoms with van der Waals surface area (Å²) >= 11 is 0. The molecular formula is C9H12N4O. The minimum absolute atomic E-state index is 0.131. The van der Waals surface area contributed by atoms with Gasteiger partial charge in [0, 0.05) is 6.04 Å². The van der Waals surface area contributed by atoms with Gasteiger partial charge in [-0.15, -0.1) is 0 Å². The molecule has 2 fully saturated rings. The number of hydrogen-bond acceptors (Lipinski definition) is 3. The number of carbonyl (C=O) groups is 1. The van der Waals surface area contributed by atoms with Crippen LogP contribution in [0, 0.1) is 11.8 Å². The lowest BCUT2D eigenvalue weighted by Gasteiger charge is -2.12. The summed E-state index contributed by atoms with van der Waals surface area (Å²) in [6.45, 7) is 0. The summed E-state index contributed by atoms with van der Waals surface area (Å²) in [6, 6.07) is 0.358. The molecule has 2 aliphatic rings. The molecule has 2 aliphatic carbocycles. The Bertz CT molecular complexity index is 338. The van der Waals surface area contributed by atoms with Gasteiger partial charge in [0.2, 0.25) is 5.82 Å². The van der Waals surface area contributed by atoms with E-state index in [0.29, 0.717) is 11.9 Å². The predicted molar refractivity (Wildman–Crippen MR) is 48.5 cm³/mol. The van der Waals surface area contributed by atoms with E-state index in [2.05, 4.69) is 20.5 Å². The Morgan fingerprint density at radius 3 is 2.86 bits per heavy atom. The van der Waals surface area contributed by atoms with E-state index in [0.717, 1.165) is 24.7 Å². The Morgan fingerprint density at radius 2 is 2.21 bits per heavy atom. The molecule has 0 saturated heterocycles. The minimum atomic E-state index is -0.131. The number of rotatable bonds is 2. The normalized spacial score (nSPS) is 33.9. The average Bonchev–Trinajstić information content (AvgIpc) is 2.69. The van der Waals surface area contributed by atoms with Crippen molar-refractivity contribution in [2.24, 2.45) is 11.8 Å². The van der Waals surface area contributed by atoms with Gasteiger partial charge in [-0.1, -0.05) is 0 Å². The fourth-order valence-corrected chi connectivity index (χ4v) is 2.40. The number of hydrogen-bond donors (Lipinski definition) is 2. The van der Waals surface area contributed by atoms with Crippen molar-refractivity contribution in [1.82, 2.24) is 20.5 Å². The molecular weight excluding hydrogens is 180 g/mol. The number of H-pyrrole nitrogens is 1. The van der Waals surface area contributed by atoms with Crippen molar-refractivity contribution in [3.63, 3.8) is 0 Å². The van der Waals surface area contributed by atoms with Gasteiger partial charge < -0.3 is 5.32 Å². The van der Waals surface area contributed by atoms with Crippen LogP contribution >= 0.6 is 0 Å². The molecule has 1 aromatic rings. The minimum Gasteiger partial charge on any atom is -0.347 e. The lowest BCUT2D eigenvalue weighted by Crippen LogP contribution is -2.34. The SMILES string of the molecule is O=C(NC1CC2CC2C1)c1ncn[nH]1. The number of nitrogens with one attached hydrogen (secondary N) is 2.